The molecule has 2 aliphatic rings. The fourth-order valence-corrected chi connectivity index (χ4v) is 4.20. The fourth-order valence-electron chi connectivity index (χ4n) is 4.20. The van der Waals surface area contributed by atoms with Crippen molar-refractivity contribution < 1.29 is 4.79 Å². The van der Waals surface area contributed by atoms with E-state index in [2.05, 4.69) is 40.6 Å². The van der Waals surface area contributed by atoms with Crippen molar-refractivity contribution in [1.82, 2.24) is 4.98 Å². The maximum absolute atomic E-state index is 12.7. The van der Waals surface area contributed by atoms with E-state index in [0.29, 0.717) is 12.4 Å². The molecule has 1 amide bonds. The molecule has 0 bridgehead atoms. The number of hydrogen-bond donors (Lipinski definition) is 2. The fraction of sp³-hybridized carbons (Fsp3) is 0.200. The van der Waals surface area contributed by atoms with Crippen LogP contribution in [0.2, 0.25) is 0 Å². The van der Waals surface area contributed by atoms with Crippen LogP contribution in [0.1, 0.15) is 22.3 Å². The molecular formula is C20H17N3O. The van der Waals surface area contributed by atoms with Crippen molar-refractivity contribution >= 4 is 22.5 Å². The zero-order valence-electron chi connectivity index (χ0n) is 13.2. The van der Waals surface area contributed by atoms with Crippen LogP contribution < -0.4 is 11.1 Å². The van der Waals surface area contributed by atoms with Crippen molar-refractivity contribution in [2.75, 3.05) is 5.32 Å². The number of nitrogens with one attached hydrogen (secondary N) is 1. The van der Waals surface area contributed by atoms with Crippen molar-refractivity contribution in [3.05, 3.63) is 70.9 Å². The summed E-state index contributed by atoms with van der Waals surface area (Å²) in [5.41, 5.74) is 9.93. The number of fused-ring (bicyclic) bond motifs is 4. The van der Waals surface area contributed by atoms with Crippen molar-refractivity contribution in [3.8, 4) is 0 Å². The van der Waals surface area contributed by atoms with Crippen LogP contribution >= 0.6 is 0 Å². The van der Waals surface area contributed by atoms with Crippen LogP contribution in [0.3, 0.4) is 0 Å². The van der Waals surface area contributed by atoms with E-state index in [4.69, 9.17) is 5.73 Å². The molecule has 5 rings (SSSR count). The zero-order chi connectivity index (χ0) is 16.3. The van der Waals surface area contributed by atoms with Crippen molar-refractivity contribution in [3.63, 3.8) is 0 Å². The molecule has 3 N–H and O–H groups in total. The standard InChI is InChI=1S/C20H17N3O/c21-11-12-3-4-13-7-15-9-20(10-16(15)8-14(13)6-12)17-2-1-5-22-18(17)23-19(20)24/h1-8H,9-11,21H2,(H,22,23,24). The van der Waals surface area contributed by atoms with Gasteiger partial charge in [0.05, 0.1) is 5.41 Å². The highest BCUT2D eigenvalue weighted by Crippen LogP contribution is 2.47. The Morgan fingerprint density at radius 1 is 1.08 bits per heavy atom. The highest BCUT2D eigenvalue weighted by atomic mass is 16.2. The highest BCUT2D eigenvalue weighted by molar-refractivity contribution is 6.06. The second kappa shape index (κ2) is 4.65. The van der Waals surface area contributed by atoms with Gasteiger partial charge in [-0.15, -0.1) is 0 Å². The predicted octanol–water partition coefficient (Wildman–Crippen LogP) is 2.68. The maximum atomic E-state index is 12.7. The smallest absolute Gasteiger partial charge is 0.237 e. The minimum atomic E-state index is -0.500. The second-order valence-electron chi connectivity index (χ2n) is 6.80. The van der Waals surface area contributed by atoms with E-state index in [1.165, 1.54) is 21.9 Å². The van der Waals surface area contributed by atoms with Gasteiger partial charge in [-0.1, -0.05) is 30.3 Å². The minimum Gasteiger partial charge on any atom is -0.326 e. The maximum Gasteiger partial charge on any atom is 0.237 e. The van der Waals surface area contributed by atoms with Gasteiger partial charge in [-0.25, -0.2) is 4.98 Å². The van der Waals surface area contributed by atoms with Crippen molar-refractivity contribution in [1.29, 1.82) is 0 Å². The average molecular weight is 315 g/mol. The van der Waals surface area contributed by atoms with Crippen LogP contribution in [0.15, 0.2) is 48.7 Å². The van der Waals surface area contributed by atoms with E-state index in [9.17, 15) is 4.79 Å². The number of benzene rings is 2. The molecule has 0 fully saturated rings. The third-order valence-corrected chi connectivity index (χ3v) is 5.43. The number of nitrogens with two attached hydrogens (primary N) is 1. The third kappa shape index (κ3) is 1.72. The predicted molar refractivity (Wildman–Crippen MR) is 93.8 cm³/mol. The molecule has 1 aliphatic heterocycles. The Labute approximate surface area is 139 Å². The molecule has 0 radical (unpaired) electrons. The molecule has 4 nitrogen and oxygen atoms in total. The molecule has 118 valence electrons. The Morgan fingerprint density at radius 2 is 1.88 bits per heavy atom. The van der Waals surface area contributed by atoms with Crippen molar-refractivity contribution in [2.45, 2.75) is 24.8 Å². The SMILES string of the molecule is NCc1ccc2cc3c(cc2c1)CC1(C3)C(=O)Nc2ncccc21. The van der Waals surface area contributed by atoms with E-state index in [-0.39, 0.29) is 5.91 Å². The summed E-state index contributed by atoms with van der Waals surface area (Å²) in [5, 5.41) is 5.35. The summed E-state index contributed by atoms with van der Waals surface area (Å²) >= 11 is 0. The monoisotopic (exact) mass is 315 g/mol. The van der Waals surface area contributed by atoms with Gasteiger partial charge in [-0.3, -0.25) is 4.79 Å². The highest BCUT2D eigenvalue weighted by Gasteiger charge is 2.51. The third-order valence-electron chi connectivity index (χ3n) is 5.43. The molecule has 2 aromatic carbocycles. The van der Waals surface area contributed by atoms with E-state index in [1.807, 2.05) is 12.1 Å². The van der Waals surface area contributed by atoms with Gasteiger partial charge in [-0.2, -0.15) is 0 Å². The van der Waals surface area contributed by atoms with E-state index >= 15 is 0 Å². The molecule has 1 unspecified atom stereocenters. The summed E-state index contributed by atoms with van der Waals surface area (Å²) in [6.45, 7) is 0.540. The largest absolute Gasteiger partial charge is 0.326 e. The van der Waals surface area contributed by atoms with Gasteiger partial charge in [0.1, 0.15) is 5.82 Å². The molecule has 1 atom stereocenters. The number of aromatic nitrogens is 1. The first-order valence-corrected chi connectivity index (χ1v) is 8.21. The molecule has 2 heterocycles. The Morgan fingerprint density at radius 3 is 2.67 bits per heavy atom. The Balaban J connectivity index is 1.66. The number of anilines is 1. The molecule has 3 aromatic rings. The Bertz CT molecular complexity index is 1010. The number of hydrogen-bond acceptors (Lipinski definition) is 3. The first-order chi connectivity index (χ1) is 11.7. The summed E-state index contributed by atoms with van der Waals surface area (Å²) in [7, 11) is 0. The van der Waals surface area contributed by atoms with Gasteiger partial charge in [0, 0.05) is 18.3 Å². The lowest BCUT2D eigenvalue weighted by Crippen LogP contribution is -2.35. The number of pyridine rings is 1. The van der Waals surface area contributed by atoms with Crippen molar-refractivity contribution in [2.24, 2.45) is 5.73 Å². The van der Waals surface area contributed by atoms with Crippen LogP contribution in [0.4, 0.5) is 5.82 Å². The lowest BCUT2D eigenvalue weighted by Gasteiger charge is -2.20. The van der Waals surface area contributed by atoms with Crippen LogP contribution in [0, 0.1) is 0 Å². The average Bonchev–Trinajstić information content (AvgIpc) is 3.10. The summed E-state index contributed by atoms with van der Waals surface area (Å²) in [5.74, 6) is 0.782. The van der Waals surface area contributed by atoms with Crippen LogP contribution in [-0.2, 0) is 29.6 Å². The number of carbonyl (C=O) groups is 1. The second-order valence-corrected chi connectivity index (χ2v) is 6.80. The topological polar surface area (TPSA) is 68.0 Å². The van der Waals surface area contributed by atoms with Gasteiger partial charge >= 0.3 is 0 Å². The van der Waals surface area contributed by atoms with Gasteiger partial charge in [-0.05, 0) is 52.4 Å². The molecule has 24 heavy (non-hydrogen) atoms. The number of rotatable bonds is 1. The molecule has 0 saturated carbocycles. The molecular weight excluding hydrogens is 298 g/mol. The lowest BCUT2D eigenvalue weighted by molar-refractivity contribution is -0.120. The molecule has 1 aliphatic carbocycles. The minimum absolute atomic E-state index is 0.0686. The summed E-state index contributed by atoms with van der Waals surface area (Å²) in [6, 6.07) is 14.7. The van der Waals surface area contributed by atoms with Crippen LogP contribution in [0.5, 0.6) is 0 Å². The Kier molecular flexibility index (Phi) is 2.65. The van der Waals surface area contributed by atoms with E-state index < -0.39 is 5.41 Å². The summed E-state index contributed by atoms with van der Waals surface area (Å²) in [4.78, 5) is 17.1. The summed E-state index contributed by atoms with van der Waals surface area (Å²) in [6.07, 6.45) is 3.19. The van der Waals surface area contributed by atoms with E-state index in [1.54, 1.807) is 6.20 Å². The quantitative estimate of drug-likeness (QED) is 0.725. The molecule has 4 heteroatoms. The first kappa shape index (κ1) is 13.7. The number of carbonyl (C=O) groups excluding carboxylic acids is 1. The van der Waals surface area contributed by atoms with Crippen LogP contribution in [-0.4, -0.2) is 10.9 Å². The van der Waals surface area contributed by atoms with E-state index in [0.717, 1.165) is 24.0 Å². The molecule has 1 aromatic heterocycles. The zero-order valence-corrected chi connectivity index (χ0v) is 13.2. The lowest BCUT2D eigenvalue weighted by atomic mass is 9.79. The number of nitrogens with zero attached hydrogens (tertiary/aromatic N) is 1. The molecule has 0 saturated heterocycles. The van der Waals surface area contributed by atoms with Gasteiger partial charge in [0.2, 0.25) is 5.91 Å². The molecule has 1 spiro atoms. The first-order valence-electron chi connectivity index (χ1n) is 8.21. The Hall–Kier alpha value is -2.72. The normalized spacial score (nSPS) is 21.1. The van der Waals surface area contributed by atoms with Gasteiger partial charge < -0.3 is 11.1 Å². The summed E-state index contributed by atoms with van der Waals surface area (Å²) < 4.78 is 0. The number of amides is 1. The van der Waals surface area contributed by atoms with Gasteiger partial charge in [0.15, 0.2) is 0 Å². The van der Waals surface area contributed by atoms with Crippen LogP contribution in [0.25, 0.3) is 10.8 Å². The van der Waals surface area contributed by atoms with Gasteiger partial charge in [0.25, 0.3) is 0 Å².